The van der Waals surface area contributed by atoms with Gasteiger partial charge in [-0.2, -0.15) is 0 Å². The second-order valence-electron chi connectivity index (χ2n) is 6.62. The van der Waals surface area contributed by atoms with Crippen molar-refractivity contribution in [1.29, 1.82) is 0 Å². The zero-order valence-corrected chi connectivity index (χ0v) is 13.8. The minimum absolute atomic E-state index is 0.103. The number of piperidine rings is 1. The second kappa shape index (κ2) is 6.93. The fraction of sp³-hybridized carbons (Fsp3) is 0.706. The molecule has 2 fully saturated rings. The van der Waals surface area contributed by atoms with Crippen LogP contribution in [0.4, 0.5) is 0 Å². The van der Waals surface area contributed by atoms with Crippen LogP contribution in [0, 0.1) is 12.8 Å². The van der Waals surface area contributed by atoms with Gasteiger partial charge in [0.2, 0.25) is 0 Å². The van der Waals surface area contributed by atoms with Gasteiger partial charge in [0.25, 0.3) is 5.91 Å². The quantitative estimate of drug-likeness (QED) is 0.924. The van der Waals surface area contributed by atoms with Gasteiger partial charge in [0.1, 0.15) is 0 Å². The summed E-state index contributed by atoms with van der Waals surface area (Å²) in [6.07, 6.45) is 8.11. The average molecular weight is 306 g/mol. The number of amides is 1. The highest BCUT2D eigenvalue weighted by Gasteiger charge is 2.27. The van der Waals surface area contributed by atoms with E-state index in [1.807, 2.05) is 18.4 Å². The van der Waals surface area contributed by atoms with Crippen LogP contribution in [-0.4, -0.2) is 36.5 Å². The minimum Gasteiger partial charge on any atom is -0.351 e. The lowest BCUT2D eigenvalue weighted by atomic mass is 9.95. The van der Waals surface area contributed by atoms with Gasteiger partial charge in [-0.15, -0.1) is 11.3 Å². The predicted octanol–water partition coefficient (Wildman–Crippen LogP) is 3.44. The standard InChI is InChI=1S/C17H26N2OS/c1-13-10-16(21-12-13)17(20)18-11-14-6-8-19(9-7-14)15-4-2-3-5-15/h10,12,14-15H,2-9,11H2,1H3,(H,18,20). The van der Waals surface area contributed by atoms with Crippen LogP contribution in [0.5, 0.6) is 0 Å². The molecule has 1 amide bonds. The number of carbonyl (C=O) groups is 1. The molecule has 1 aromatic rings. The normalized spacial score (nSPS) is 21.8. The maximum atomic E-state index is 12.1. The van der Waals surface area contributed by atoms with Gasteiger partial charge >= 0.3 is 0 Å². The molecule has 4 heteroatoms. The van der Waals surface area contributed by atoms with Crippen molar-refractivity contribution < 1.29 is 4.79 Å². The van der Waals surface area contributed by atoms with Crippen LogP contribution in [0.15, 0.2) is 11.4 Å². The van der Waals surface area contributed by atoms with Crippen molar-refractivity contribution in [1.82, 2.24) is 10.2 Å². The van der Waals surface area contributed by atoms with E-state index in [-0.39, 0.29) is 5.91 Å². The summed E-state index contributed by atoms with van der Waals surface area (Å²) in [4.78, 5) is 15.6. The molecule has 2 heterocycles. The van der Waals surface area contributed by atoms with E-state index < -0.39 is 0 Å². The van der Waals surface area contributed by atoms with Gasteiger partial charge in [0.05, 0.1) is 4.88 Å². The van der Waals surface area contributed by atoms with E-state index in [2.05, 4.69) is 10.2 Å². The lowest BCUT2D eigenvalue weighted by Crippen LogP contribution is -2.42. The molecule has 116 valence electrons. The topological polar surface area (TPSA) is 32.3 Å². The molecule has 1 saturated heterocycles. The molecule has 21 heavy (non-hydrogen) atoms. The Kier molecular flexibility index (Phi) is 4.96. The number of nitrogens with one attached hydrogen (secondary N) is 1. The molecule has 2 aliphatic rings. The van der Waals surface area contributed by atoms with E-state index in [1.54, 1.807) is 11.3 Å². The van der Waals surface area contributed by atoms with E-state index in [0.717, 1.165) is 17.5 Å². The van der Waals surface area contributed by atoms with Crippen molar-refractivity contribution in [3.63, 3.8) is 0 Å². The highest BCUT2D eigenvalue weighted by Crippen LogP contribution is 2.27. The van der Waals surface area contributed by atoms with Crippen molar-refractivity contribution in [2.75, 3.05) is 19.6 Å². The molecule has 1 saturated carbocycles. The Morgan fingerprint density at radius 1 is 1.29 bits per heavy atom. The molecule has 0 spiro atoms. The van der Waals surface area contributed by atoms with Crippen molar-refractivity contribution in [2.45, 2.75) is 51.5 Å². The molecule has 0 radical (unpaired) electrons. The Hall–Kier alpha value is -0.870. The number of nitrogens with zero attached hydrogens (tertiary/aromatic N) is 1. The molecule has 0 atom stereocenters. The van der Waals surface area contributed by atoms with Gasteiger partial charge in [-0.05, 0) is 68.6 Å². The van der Waals surface area contributed by atoms with Gasteiger partial charge in [-0.1, -0.05) is 12.8 Å². The second-order valence-corrected chi connectivity index (χ2v) is 7.53. The fourth-order valence-electron chi connectivity index (χ4n) is 3.67. The highest BCUT2D eigenvalue weighted by atomic mass is 32.1. The number of carbonyl (C=O) groups excluding carboxylic acids is 1. The number of aryl methyl sites for hydroxylation is 1. The van der Waals surface area contributed by atoms with Gasteiger partial charge in [0, 0.05) is 12.6 Å². The number of hydrogen-bond donors (Lipinski definition) is 1. The van der Waals surface area contributed by atoms with Gasteiger partial charge in [-0.3, -0.25) is 4.79 Å². The fourth-order valence-corrected chi connectivity index (χ4v) is 4.48. The van der Waals surface area contributed by atoms with Crippen LogP contribution in [0.2, 0.25) is 0 Å². The van der Waals surface area contributed by atoms with Gasteiger partial charge in [0.15, 0.2) is 0 Å². The van der Waals surface area contributed by atoms with Crippen LogP contribution in [0.3, 0.4) is 0 Å². The third kappa shape index (κ3) is 3.86. The summed E-state index contributed by atoms with van der Waals surface area (Å²) >= 11 is 1.54. The van der Waals surface area contributed by atoms with Crippen molar-refractivity contribution in [3.8, 4) is 0 Å². The Morgan fingerprint density at radius 3 is 2.62 bits per heavy atom. The van der Waals surface area contributed by atoms with Gasteiger partial charge < -0.3 is 10.2 Å². The number of likely N-dealkylation sites (tertiary alicyclic amines) is 1. The maximum Gasteiger partial charge on any atom is 0.261 e. The number of thiophene rings is 1. The lowest BCUT2D eigenvalue weighted by molar-refractivity contribution is 0.0928. The summed E-state index contributed by atoms with van der Waals surface area (Å²) in [6, 6.07) is 2.83. The highest BCUT2D eigenvalue weighted by molar-refractivity contribution is 7.12. The molecular weight excluding hydrogens is 280 g/mol. The van der Waals surface area contributed by atoms with Crippen LogP contribution in [0.25, 0.3) is 0 Å². The molecule has 0 aromatic carbocycles. The first-order valence-electron chi connectivity index (χ1n) is 8.30. The van der Waals surface area contributed by atoms with Crippen LogP contribution in [-0.2, 0) is 0 Å². The molecule has 3 rings (SSSR count). The summed E-state index contributed by atoms with van der Waals surface area (Å²) in [5.74, 6) is 0.763. The molecule has 1 aromatic heterocycles. The van der Waals surface area contributed by atoms with E-state index in [0.29, 0.717) is 5.92 Å². The first-order chi connectivity index (χ1) is 10.2. The molecular formula is C17H26N2OS. The average Bonchev–Trinajstić information content (AvgIpc) is 3.16. The molecule has 0 bridgehead atoms. The molecule has 3 nitrogen and oxygen atoms in total. The molecule has 0 unspecified atom stereocenters. The Labute approximate surface area is 131 Å². The minimum atomic E-state index is 0.103. The van der Waals surface area contributed by atoms with Crippen LogP contribution < -0.4 is 5.32 Å². The summed E-state index contributed by atoms with van der Waals surface area (Å²) in [5.41, 5.74) is 1.18. The first-order valence-corrected chi connectivity index (χ1v) is 9.18. The van der Waals surface area contributed by atoms with E-state index in [9.17, 15) is 4.79 Å². The Morgan fingerprint density at radius 2 is 2.00 bits per heavy atom. The summed E-state index contributed by atoms with van der Waals surface area (Å²) < 4.78 is 0. The summed E-state index contributed by atoms with van der Waals surface area (Å²) in [5, 5.41) is 5.16. The van der Waals surface area contributed by atoms with Crippen molar-refractivity contribution >= 4 is 17.2 Å². The largest absolute Gasteiger partial charge is 0.351 e. The zero-order valence-electron chi connectivity index (χ0n) is 12.9. The lowest BCUT2D eigenvalue weighted by Gasteiger charge is -2.36. The van der Waals surface area contributed by atoms with Crippen LogP contribution >= 0.6 is 11.3 Å². The third-order valence-corrected chi connectivity index (χ3v) is 6.04. The number of hydrogen-bond acceptors (Lipinski definition) is 3. The Bertz CT molecular complexity index is 471. The summed E-state index contributed by atoms with van der Waals surface area (Å²) in [6.45, 7) is 5.33. The number of rotatable bonds is 4. The first kappa shape index (κ1) is 15.0. The SMILES string of the molecule is Cc1csc(C(=O)NCC2CCN(C3CCCC3)CC2)c1. The molecule has 1 aliphatic heterocycles. The zero-order chi connectivity index (χ0) is 14.7. The Balaban J connectivity index is 1.40. The molecule has 1 N–H and O–H groups in total. The monoisotopic (exact) mass is 306 g/mol. The predicted molar refractivity (Wildman–Crippen MR) is 87.9 cm³/mol. The van der Waals surface area contributed by atoms with Crippen LogP contribution in [0.1, 0.15) is 53.8 Å². The van der Waals surface area contributed by atoms with E-state index >= 15 is 0 Å². The maximum absolute atomic E-state index is 12.1. The molecule has 1 aliphatic carbocycles. The van der Waals surface area contributed by atoms with Gasteiger partial charge in [-0.25, -0.2) is 0 Å². The van der Waals surface area contributed by atoms with E-state index in [1.165, 1.54) is 57.2 Å². The van der Waals surface area contributed by atoms with Crippen molar-refractivity contribution in [2.24, 2.45) is 5.92 Å². The smallest absolute Gasteiger partial charge is 0.261 e. The summed E-state index contributed by atoms with van der Waals surface area (Å²) in [7, 11) is 0. The van der Waals surface area contributed by atoms with E-state index in [4.69, 9.17) is 0 Å². The third-order valence-electron chi connectivity index (χ3n) is 5.00. The van der Waals surface area contributed by atoms with Crippen molar-refractivity contribution in [3.05, 3.63) is 21.9 Å².